The molecule has 0 saturated heterocycles. The average Bonchev–Trinajstić information content (AvgIpc) is 2.44. The smallest absolute Gasteiger partial charge is 0.119 e. The Balaban J connectivity index is 1.77. The number of para-hydroxylation sites is 1. The number of hydrogen-bond acceptors (Lipinski definition) is 2. The molecule has 0 fully saturated rings. The van der Waals surface area contributed by atoms with Crippen LogP contribution in [0.15, 0.2) is 48.5 Å². The lowest BCUT2D eigenvalue weighted by atomic mass is 10.0. The van der Waals surface area contributed by atoms with Crippen LogP contribution in [0.4, 0.5) is 0 Å². The lowest BCUT2D eigenvalue weighted by Gasteiger charge is -2.13. The second-order valence-corrected chi connectivity index (χ2v) is 5.48. The summed E-state index contributed by atoms with van der Waals surface area (Å²) in [5.41, 5.74) is 7.19. The zero-order valence-corrected chi connectivity index (χ0v) is 12.6. The Morgan fingerprint density at radius 2 is 1.75 bits per heavy atom. The number of rotatable bonds is 6. The minimum absolute atomic E-state index is 0.0379. The fourth-order valence-electron chi connectivity index (χ4n) is 1.92. The highest BCUT2D eigenvalue weighted by molar-refractivity contribution is 6.42. The van der Waals surface area contributed by atoms with Gasteiger partial charge in [-0.25, -0.2) is 0 Å². The van der Waals surface area contributed by atoms with E-state index in [1.807, 2.05) is 42.5 Å². The fourth-order valence-corrected chi connectivity index (χ4v) is 2.24. The largest absolute Gasteiger partial charge is 0.494 e. The van der Waals surface area contributed by atoms with E-state index in [9.17, 15) is 0 Å². The minimum Gasteiger partial charge on any atom is -0.494 e. The first kappa shape index (κ1) is 15.2. The van der Waals surface area contributed by atoms with Crippen LogP contribution in [0.5, 0.6) is 5.75 Å². The van der Waals surface area contributed by atoms with Gasteiger partial charge in [0.15, 0.2) is 0 Å². The highest BCUT2D eigenvalue weighted by Crippen LogP contribution is 2.23. The quantitative estimate of drug-likeness (QED) is 0.862. The van der Waals surface area contributed by atoms with Crippen LogP contribution in [0.3, 0.4) is 0 Å². The first-order chi connectivity index (χ1) is 9.65. The molecule has 2 N–H and O–H groups in total. The highest BCUT2D eigenvalue weighted by Gasteiger charge is 2.06. The Morgan fingerprint density at radius 3 is 2.45 bits per heavy atom. The second-order valence-electron chi connectivity index (χ2n) is 4.66. The van der Waals surface area contributed by atoms with E-state index in [1.54, 1.807) is 6.07 Å². The van der Waals surface area contributed by atoms with Gasteiger partial charge in [-0.3, -0.25) is 0 Å². The molecule has 2 aromatic rings. The number of nitrogens with two attached hydrogens (primary N) is 1. The molecule has 1 unspecified atom stereocenters. The molecule has 0 amide bonds. The molecule has 0 bridgehead atoms. The Bertz CT molecular complexity index is 545. The van der Waals surface area contributed by atoms with Gasteiger partial charge in [-0.1, -0.05) is 47.5 Å². The topological polar surface area (TPSA) is 35.2 Å². The van der Waals surface area contributed by atoms with Crippen LogP contribution in [-0.4, -0.2) is 12.6 Å². The van der Waals surface area contributed by atoms with Crippen LogP contribution in [0, 0.1) is 0 Å². The Hall–Kier alpha value is -1.22. The summed E-state index contributed by atoms with van der Waals surface area (Å²) in [6.07, 6.45) is 1.55. The molecular formula is C16H17Cl2NO. The first-order valence-electron chi connectivity index (χ1n) is 6.52. The van der Waals surface area contributed by atoms with Gasteiger partial charge in [0.1, 0.15) is 5.75 Å². The van der Waals surface area contributed by atoms with Crippen molar-refractivity contribution in [1.29, 1.82) is 0 Å². The van der Waals surface area contributed by atoms with Crippen molar-refractivity contribution >= 4 is 23.2 Å². The second kappa shape index (κ2) is 7.53. The monoisotopic (exact) mass is 309 g/mol. The maximum Gasteiger partial charge on any atom is 0.119 e. The van der Waals surface area contributed by atoms with Gasteiger partial charge in [0.2, 0.25) is 0 Å². The van der Waals surface area contributed by atoms with Gasteiger partial charge in [0.05, 0.1) is 16.7 Å². The summed E-state index contributed by atoms with van der Waals surface area (Å²) in [6, 6.07) is 15.4. The first-order valence-corrected chi connectivity index (χ1v) is 7.28. The molecule has 0 aliphatic rings. The van der Waals surface area contributed by atoms with Gasteiger partial charge in [-0.15, -0.1) is 0 Å². The molecule has 20 heavy (non-hydrogen) atoms. The summed E-state index contributed by atoms with van der Waals surface area (Å²) in [4.78, 5) is 0. The van der Waals surface area contributed by atoms with Crippen molar-refractivity contribution in [3.8, 4) is 5.75 Å². The Morgan fingerprint density at radius 1 is 1.00 bits per heavy atom. The van der Waals surface area contributed by atoms with E-state index in [0.29, 0.717) is 16.7 Å². The van der Waals surface area contributed by atoms with Crippen molar-refractivity contribution in [3.63, 3.8) is 0 Å². The number of ether oxygens (including phenoxy) is 1. The molecular weight excluding hydrogens is 293 g/mol. The third-order valence-electron chi connectivity index (χ3n) is 2.98. The van der Waals surface area contributed by atoms with Gasteiger partial charge in [0, 0.05) is 6.04 Å². The summed E-state index contributed by atoms with van der Waals surface area (Å²) < 4.78 is 5.63. The SMILES string of the molecule is NC(CCOc1ccccc1)Cc1ccc(Cl)c(Cl)c1. The Labute approximate surface area is 129 Å². The number of halogens is 2. The van der Waals surface area contributed by atoms with Gasteiger partial charge >= 0.3 is 0 Å². The molecule has 0 aromatic heterocycles. The Kier molecular flexibility index (Phi) is 5.72. The third-order valence-corrected chi connectivity index (χ3v) is 3.72. The van der Waals surface area contributed by atoms with E-state index < -0.39 is 0 Å². The van der Waals surface area contributed by atoms with E-state index >= 15 is 0 Å². The molecule has 0 spiro atoms. The molecule has 0 saturated carbocycles. The van der Waals surface area contributed by atoms with Gasteiger partial charge in [-0.2, -0.15) is 0 Å². The molecule has 0 heterocycles. The van der Waals surface area contributed by atoms with E-state index in [2.05, 4.69) is 0 Å². The minimum atomic E-state index is 0.0379. The number of hydrogen-bond donors (Lipinski definition) is 1. The van der Waals surface area contributed by atoms with E-state index in [-0.39, 0.29) is 6.04 Å². The fraction of sp³-hybridized carbons (Fsp3) is 0.250. The molecule has 0 radical (unpaired) electrons. The molecule has 1 atom stereocenters. The van der Waals surface area contributed by atoms with Crippen molar-refractivity contribution in [2.75, 3.05) is 6.61 Å². The van der Waals surface area contributed by atoms with Crippen LogP contribution >= 0.6 is 23.2 Å². The van der Waals surface area contributed by atoms with Gasteiger partial charge < -0.3 is 10.5 Å². The summed E-state index contributed by atoms with van der Waals surface area (Å²) in [7, 11) is 0. The molecule has 2 rings (SSSR count). The summed E-state index contributed by atoms with van der Waals surface area (Å²) in [5.74, 6) is 0.870. The third kappa shape index (κ3) is 4.71. The van der Waals surface area contributed by atoms with Crippen LogP contribution in [0.2, 0.25) is 10.0 Å². The molecule has 2 nitrogen and oxygen atoms in total. The van der Waals surface area contributed by atoms with Crippen molar-refractivity contribution in [2.45, 2.75) is 18.9 Å². The van der Waals surface area contributed by atoms with E-state index in [1.165, 1.54) is 0 Å². The molecule has 106 valence electrons. The maximum absolute atomic E-state index is 6.10. The van der Waals surface area contributed by atoms with Crippen LogP contribution in [-0.2, 0) is 6.42 Å². The van der Waals surface area contributed by atoms with Gasteiger partial charge in [0.25, 0.3) is 0 Å². The lowest BCUT2D eigenvalue weighted by molar-refractivity contribution is 0.297. The van der Waals surface area contributed by atoms with Crippen molar-refractivity contribution in [3.05, 3.63) is 64.1 Å². The van der Waals surface area contributed by atoms with Crippen LogP contribution < -0.4 is 10.5 Å². The molecule has 0 aliphatic heterocycles. The van der Waals surface area contributed by atoms with Crippen molar-refractivity contribution in [1.82, 2.24) is 0 Å². The van der Waals surface area contributed by atoms with Gasteiger partial charge in [-0.05, 0) is 42.7 Å². The van der Waals surface area contributed by atoms with Crippen LogP contribution in [0.1, 0.15) is 12.0 Å². The number of benzene rings is 2. The standard InChI is InChI=1S/C16H17Cl2NO/c17-15-7-6-12(11-16(15)18)10-13(19)8-9-20-14-4-2-1-3-5-14/h1-7,11,13H,8-10,19H2. The predicted octanol–water partition coefficient (Wildman–Crippen LogP) is 4.33. The molecule has 2 aromatic carbocycles. The lowest BCUT2D eigenvalue weighted by Crippen LogP contribution is -2.25. The maximum atomic E-state index is 6.10. The van der Waals surface area contributed by atoms with E-state index in [4.69, 9.17) is 33.7 Å². The van der Waals surface area contributed by atoms with E-state index in [0.717, 1.165) is 24.2 Å². The average molecular weight is 310 g/mol. The summed E-state index contributed by atoms with van der Waals surface area (Å²) in [5, 5.41) is 1.13. The predicted molar refractivity (Wildman–Crippen MR) is 84.7 cm³/mol. The normalized spacial score (nSPS) is 12.2. The zero-order chi connectivity index (χ0) is 14.4. The van der Waals surface area contributed by atoms with Crippen molar-refractivity contribution in [2.24, 2.45) is 5.73 Å². The molecule has 4 heteroatoms. The van der Waals surface area contributed by atoms with Crippen LogP contribution in [0.25, 0.3) is 0 Å². The molecule has 0 aliphatic carbocycles. The summed E-state index contributed by atoms with van der Waals surface area (Å²) >= 11 is 11.9. The zero-order valence-electron chi connectivity index (χ0n) is 11.1. The summed E-state index contributed by atoms with van der Waals surface area (Å²) in [6.45, 7) is 0.604. The van der Waals surface area contributed by atoms with Crippen molar-refractivity contribution < 1.29 is 4.74 Å². The highest BCUT2D eigenvalue weighted by atomic mass is 35.5.